The molecule has 1 N–H and O–H groups in total. The van der Waals surface area contributed by atoms with Crippen LogP contribution in [0.2, 0.25) is 0 Å². The van der Waals surface area contributed by atoms with Crippen LogP contribution in [0, 0.1) is 19.3 Å². The summed E-state index contributed by atoms with van der Waals surface area (Å²) in [6, 6.07) is 12.5. The van der Waals surface area contributed by atoms with Crippen LogP contribution >= 0.6 is 11.3 Å². The molecule has 0 saturated carbocycles. The van der Waals surface area contributed by atoms with Gasteiger partial charge in [-0.3, -0.25) is 9.59 Å². The number of thiophene rings is 1. The van der Waals surface area contributed by atoms with E-state index >= 15 is 0 Å². The number of rotatable bonds is 6. The lowest BCUT2D eigenvalue weighted by molar-refractivity contribution is -0.130. The van der Waals surface area contributed by atoms with Gasteiger partial charge in [-0.05, 0) is 56.2 Å². The van der Waals surface area contributed by atoms with Crippen LogP contribution in [0.4, 0.5) is 0 Å². The Balaban J connectivity index is 1.57. The van der Waals surface area contributed by atoms with Gasteiger partial charge >= 0.3 is 0 Å². The maximum atomic E-state index is 13.1. The SMILES string of the molecule is CCNC(=O)[C@@]1(Cc2ccc(-c3cccs3)cc2)CCN(C(=O)c2c(C)noc2C)C1. The molecule has 0 aliphatic carbocycles. The minimum absolute atomic E-state index is 0.00592. The van der Waals surface area contributed by atoms with E-state index in [1.54, 1.807) is 30.1 Å². The quantitative estimate of drug-likeness (QED) is 0.626. The van der Waals surface area contributed by atoms with Gasteiger partial charge in [-0.25, -0.2) is 0 Å². The number of aromatic nitrogens is 1. The van der Waals surface area contributed by atoms with E-state index in [1.165, 1.54) is 10.4 Å². The molecule has 3 aromatic rings. The van der Waals surface area contributed by atoms with Crippen molar-refractivity contribution < 1.29 is 14.1 Å². The highest BCUT2D eigenvalue weighted by molar-refractivity contribution is 7.13. The number of carbonyl (C=O) groups is 2. The van der Waals surface area contributed by atoms with Gasteiger partial charge in [0.25, 0.3) is 5.91 Å². The Morgan fingerprint density at radius 3 is 2.61 bits per heavy atom. The summed E-state index contributed by atoms with van der Waals surface area (Å²) < 4.78 is 5.18. The molecular formula is C24H27N3O3S. The highest BCUT2D eigenvalue weighted by Gasteiger charge is 2.46. The maximum Gasteiger partial charge on any atom is 0.259 e. The number of aryl methyl sites for hydroxylation is 2. The Morgan fingerprint density at radius 1 is 1.23 bits per heavy atom. The van der Waals surface area contributed by atoms with E-state index < -0.39 is 5.41 Å². The average Bonchev–Trinajstić information content (AvgIpc) is 3.50. The summed E-state index contributed by atoms with van der Waals surface area (Å²) in [6.45, 7) is 6.92. The number of nitrogens with zero attached hydrogens (tertiary/aromatic N) is 2. The number of hydrogen-bond donors (Lipinski definition) is 1. The van der Waals surface area contributed by atoms with E-state index in [9.17, 15) is 9.59 Å². The molecule has 2 aromatic heterocycles. The summed E-state index contributed by atoms with van der Waals surface area (Å²) in [5.41, 5.74) is 2.72. The van der Waals surface area contributed by atoms with Crippen molar-refractivity contribution in [2.24, 2.45) is 5.41 Å². The van der Waals surface area contributed by atoms with Crippen LogP contribution in [0.15, 0.2) is 46.3 Å². The Bertz CT molecular complexity index is 1050. The fourth-order valence-electron chi connectivity index (χ4n) is 4.37. The van der Waals surface area contributed by atoms with Crippen molar-refractivity contribution in [1.29, 1.82) is 0 Å². The molecular weight excluding hydrogens is 410 g/mol. The molecule has 2 amide bonds. The predicted octanol–water partition coefficient (Wildman–Crippen LogP) is 4.23. The van der Waals surface area contributed by atoms with E-state index in [0.717, 1.165) is 5.56 Å². The Labute approximate surface area is 186 Å². The monoisotopic (exact) mass is 437 g/mol. The fraction of sp³-hybridized carbons (Fsp3) is 0.375. The summed E-state index contributed by atoms with van der Waals surface area (Å²) in [5, 5.41) is 8.96. The minimum atomic E-state index is -0.644. The van der Waals surface area contributed by atoms with Gasteiger partial charge in [0.1, 0.15) is 11.3 Å². The van der Waals surface area contributed by atoms with Gasteiger partial charge in [0.15, 0.2) is 0 Å². The summed E-state index contributed by atoms with van der Waals surface area (Å²) in [7, 11) is 0. The summed E-state index contributed by atoms with van der Waals surface area (Å²) in [5.74, 6) is 0.407. The molecule has 4 rings (SSSR count). The van der Waals surface area contributed by atoms with Crippen LogP contribution < -0.4 is 5.32 Å². The van der Waals surface area contributed by atoms with Crippen LogP contribution in [0.1, 0.15) is 40.7 Å². The Morgan fingerprint density at radius 2 is 2.00 bits per heavy atom. The van der Waals surface area contributed by atoms with Gasteiger partial charge in [-0.1, -0.05) is 35.5 Å². The zero-order chi connectivity index (χ0) is 22.0. The van der Waals surface area contributed by atoms with E-state index in [1.807, 2.05) is 13.0 Å². The molecule has 0 bridgehead atoms. The van der Waals surface area contributed by atoms with Gasteiger partial charge in [0, 0.05) is 24.5 Å². The number of amides is 2. The van der Waals surface area contributed by atoms with Crippen LogP contribution in [-0.4, -0.2) is 41.5 Å². The Hall–Kier alpha value is -2.93. The number of hydrogen-bond acceptors (Lipinski definition) is 5. The first-order valence-corrected chi connectivity index (χ1v) is 11.4. The van der Waals surface area contributed by atoms with Crippen molar-refractivity contribution in [1.82, 2.24) is 15.4 Å². The smallest absolute Gasteiger partial charge is 0.259 e. The first-order valence-electron chi connectivity index (χ1n) is 10.6. The summed E-state index contributed by atoms with van der Waals surface area (Å²) >= 11 is 1.71. The van der Waals surface area contributed by atoms with Gasteiger partial charge in [0.05, 0.1) is 11.1 Å². The number of benzene rings is 1. The standard InChI is InChI=1S/C24H27N3O3S/c1-4-25-23(29)24(14-18-7-9-19(10-8-18)20-6-5-13-31-20)11-12-27(15-24)22(28)21-16(2)26-30-17(21)3/h5-10,13H,4,11-12,14-15H2,1-3H3,(H,25,29)/t24-/m1/s1. The van der Waals surface area contributed by atoms with Gasteiger partial charge in [-0.15, -0.1) is 11.3 Å². The Kier molecular flexibility index (Phi) is 5.96. The second-order valence-electron chi connectivity index (χ2n) is 8.17. The van der Waals surface area contributed by atoms with Crippen LogP contribution in [0.25, 0.3) is 10.4 Å². The lowest BCUT2D eigenvalue weighted by Crippen LogP contribution is -2.45. The lowest BCUT2D eigenvalue weighted by atomic mass is 9.79. The van der Waals surface area contributed by atoms with Gasteiger partial charge in [0.2, 0.25) is 5.91 Å². The van der Waals surface area contributed by atoms with Crippen molar-refractivity contribution in [3.8, 4) is 10.4 Å². The third-order valence-electron chi connectivity index (χ3n) is 6.01. The number of nitrogens with one attached hydrogen (secondary N) is 1. The van der Waals surface area contributed by atoms with E-state index in [-0.39, 0.29) is 11.8 Å². The normalized spacial score (nSPS) is 18.4. The molecule has 162 valence electrons. The third kappa shape index (κ3) is 4.14. The van der Waals surface area contributed by atoms with Crippen molar-refractivity contribution in [2.75, 3.05) is 19.6 Å². The minimum Gasteiger partial charge on any atom is -0.361 e. The molecule has 3 heterocycles. The fourth-order valence-corrected chi connectivity index (χ4v) is 5.10. The molecule has 1 fully saturated rings. The molecule has 1 aromatic carbocycles. The van der Waals surface area contributed by atoms with Gasteiger partial charge < -0.3 is 14.7 Å². The lowest BCUT2D eigenvalue weighted by Gasteiger charge is -2.28. The molecule has 7 heteroatoms. The van der Waals surface area contributed by atoms with E-state index in [4.69, 9.17) is 4.52 Å². The predicted molar refractivity (Wildman–Crippen MR) is 121 cm³/mol. The van der Waals surface area contributed by atoms with Gasteiger partial charge in [-0.2, -0.15) is 0 Å². The molecule has 1 saturated heterocycles. The van der Waals surface area contributed by atoms with Crippen molar-refractivity contribution in [3.63, 3.8) is 0 Å². The van der Waals surface area contributed by atoms with Crippen LogP contribution in [-0.2, 0) is 11.2 Å². The first-order chi connectivity index (χ1) is 14.9. The highest BCUT2D eigenvalue weighted by Crippen LogP contribution is 2.36. The average molecular weight is 438 g/mol. The second-order valence-corrected chi connectivity index (χ2v) is 9.11. The third-order valence-corrected chi connectivity index (χ3v) is 6.93. The molecule has 1 atom stereocenters. The maximum absolute atomic E-state index is 13.1. The molecule has 0 unspecified atom stereocenters. The van der Waals surface area contributed by atoms with Crippen LogP contribution in [0.5, 0.6) is 0 Å². The molecule has 1 aliphatic rings. The first kappa shape index (κ1) is 21.3. The van der Waals surface area contributed by atoms with Crippen LogP contribution in [0.3, 0.4) is 0 Å². The second kappa shape index (κ2) is 8.67. The zero-order valence-electron chi connectivity index (χ0n) is 18.1. The van der Waals surface area contributed by atoms with Crippen molar-refractivity contribution in [2.45, 2.75) is 33.6 Å². The van der Waals surface area contributed by atoms with E-state index in [0.29, 0.717) is 49.5 Å². The molecule has 31 heavy (non-hydrogen) atoms. The summed E-state index contributed by atoms with van der Waals surface area (Å²) in [4.78, 5) is 29.3. The molecule has 1 aliphatic heterocycles. The molecule has 0 spiro atoms. The van der Waals surface area contributed by atoms with E-state index in [2.05, 4.69) is 46.2 Å². The largest absolute Gasteiger partial charge is 0.361 e. The van der Waals surface area contributed by atoms with Crippen molar-refractivity contribution >= 4 is 23.2 Å². The number of carbonyl (C=O) groups excluding carboxylic acids is 2. The highest BCUT2D eigenvalue weighted by atomic mass is 32.1. The summed E-state index contributed by atoms with van der Waals surface area (Å²) in [6.07, 6.45) is 1.22. The molecule has 6 nitrogen and oxygen atoms in total. The van der Waals surface area contributed by atoms with Crippen molar-refractivity contribution in [3.05, 3.63) is 64.4 Å². The molecule has 0 radical (unpaired) electrons. The zero-order valence-corrected chi connectivity index (χ0v) is 18.9. The number of likely N-dealkylation sites (tertiary alicyclic amines) is 1. The topological polar surface area (TPSA) is 75.4 Å².